The summed E-state index contributed by atoms with van der Waals surface area (Å²) in [6.07, 6.45) is 6.66. The molecule has 2 heterocycles. The molecule has 1 aromatic carbocycles. The molecule has 1 aromatic rings. The molecule has 5 N–H and O–H groups in total. The highest BCUT2D eigenvalue weighted by atomic mass is 16.5. The first kappa shape index (κ1) is 18.3. The summed E-state index contributed by atoms with van der Waals surface area (Å²) in [6, 6.07) is 7.01. The second kappa shape index (κ2) is 8.73. The lowest BCUT2D eigenvalue weighted by atomic mass is 10.0. The number of allylic oxidation sites excluding steroid dienone is 2. The SMILES string of the molecule is COC(=O)c1ccc(NC(O)NCCC2C=CC3=C(NCCC3)N2)cc1. The van der Waals surface area contributed by atoms with Gasteiger partial charge in [0.15, 0.2) is 6.35 Å². The third-order valence-corrected chi connectivity index (χ3v) is 4.51. The van der Waals surface area contributed by atoms with Gasteiger partial charge in [-0.15, -0.1) is 0 Å². The second-order valence-corrected chi connectivity index (χ2v) is 6.40. The van der Waals surface area contributed by atoms with Crippen molar-refractivity contribution in [3.63, 3.8) is 0 Å². The first-order valence-electron chi connectivity index (χ1n) is 8.94. The fourth-order valence-electron chi connectivity index (χ4n) is 3.08. The average Bonchev–Trinajstić information content (AvgIpc) is 2.68. The van der Waals surface area contributed by atoms with Crippen LogP contribution in [0.3, 0.4) is 0 Å². The van der Waals surface area contributed by atoms with Crippen molar-refractivity contribution in [1.82, 2.24) is 16.0 Å². The zero-order chi connectivity index (χ0) is 18.4. The Hall–Kier alpha value is -2.51. The molecule has 7 nitrogen and oxygen atoms in total. The van der Waals surface area contributed by atoms with Crippen LogP contribution in [0.2, 0.25) is 0 Å². The third-order valence-electron chi connectivity index (χ3n) is 4.51. The van der Waals surface area contributed by atoms with Crippen molar-refractivity contribution < 1.29 is 14.6 Å². The van der Waals surface area contributed by atoms with E-state index in [0.29, 0.717) is 12.1 Å². The molecule has 26 heavy (non-hydrogen) atoms. The van der Waals surface area contributed by atoms with Crippen LogP contribution < -0.4 is 21.3 Å². The summed E-state index contributed by atoms with van der Waals surface area (Å²) in [7, 11) is 1.35. The van der Waals surface area contributed by atoms with Crippen LogP contribution in [-0.2, 0) is 4.74 Å². The Morgan fingerprint density at radius 1 is 1.38 bits per heavy atom. The van der Waals surface area contributed by atoms with Gasteiger partial charge in [-0.1, -0.05) is 12.2 Å². The van der Waals surface area contributed by atoms with E-state index in [2.05, 4.69) is 38.2 Å². The number of esters is 1. The number of hydrogen-bond acceptors (Lipinski definition) is 7. The molecule has 2 atom stereocenters. The van der Waals surface area contributed by atoms with Gasteiger partial charge in [0.05, 0.1) is 12.7 Å². The molecule has 0 aliphatic carbocycles. The minimum absolute atomic E-state index is 0.249. The number of benzene rings is 1. The minimum atomic E-state index is -0.867. The molecular weight excluding hydrogens is 332 g/mol. The highest BCUT2D eigenvalue weighted by molar-refractivity contribution is 5.89. The predicted molar refractivity (Wildman–Crippen MR) is 100 cm³/mol. The van der Waals surface area contributed by atoms with Gasteiger partial charge in [0.2, 0.25) is 0 Å². The molecule has 0 aromatic heterocycles. The lowest BCUT2D eigenvalue weighted by Crippen LogP contribution is -2.42. The van der Waals surface area contributed by atoms with E-state index in [9.17, 15) is 9.90 Å². The number of aliphatic hydroxyl groups is 1. The smallest absolute Gasteiger partial charge is 0.337 e. The Bertz CT molecular complexity index is 685. The fourth-order valence-corrected chi connectivity index (χ4v) is 3.08. The summed E-state index contributed by atoms with van der Waals surface area (Å²) in [5.74, 6) is 0.766. The van der Waals surface area contributed by atoms with Crippen molar-refractivity contribution in [3.05, 3.63) is 53.4 Å². The number of methoxy groups -OCH3 is 1. The van der Waals surface area contributed by atoms with Crippen LogP contribution in [-0.4, -0.2) is 43.7 Å². The zero-order valence-electron chi connectivity index (χ0n) is 14.9. The van der Waals surface area contributed by atoms with E-state index in [1.54, 1.807) is 24.3 Å². The van der Waals surface area contributed by atoms with Crippen LogP contribution in [0.15, 0.2) is 47.8 Å². The number of anilines is 1. The number of carbonyl (C=O) groups excluding carboxylic acids is 1. The molecule has 2 unspecified atom stereocenters. The van der Waals surface area contributed by atoms with Crippen LogP contribution in [0.1, 0.15) is 29.6 Å². The van der Waals surface area contributed by atoms with Gasteiger partial charge < -0.3 is 25.8 Å². The van der Waals surface area contributed by atoms with E-state index in [-0.39, 0.29) is 12.0 Å². The van der Waals surface area contributed by atoms with Crippen molar-refractivity contribution >= 4 is 11.7 Å². The highest BCUT2D eigenvalue weighted by Crippen LogP contribution is 2.19. The largest absolute Gasteiger partial charge is 0.465 e. The Balaban J connectivity index is 1.39. The summed E-state index contributed by atoms with van der Waals surface area (Å²) in [6.45, 7) is 1.67. The number of ether oxygens (including phenoxy) is 1. The van der Waals surface area contributed by atoms with Gasteiger partial charge in [-0.05, 0) is 49.1 Å². The molecule has 140 valence electrons. The van der Waals surface area contributed by atoms with Crippen LogP contribution >= 0.6 is 0 Å². The lowest BCUT2D eigenvalue weighted by Gasteiger charge is -2.29. The lowest BCUT2D eigenvalue weighted by molar-refractivity contribution is 0.0601. The molecule has 2 aliphatic rings. The summed E-state index contributed by atoms with van der Waals surface area (Å²) in [5, 5.41) is 23.0. The van der Waals surface area contributed by atoms with E-state index >= 15 is 0 Å². The number of aliphatic hydroxyl groups excluding tert-OH is 1. The maximum Gasteiger partial charge on any atom is 0.337 e. The molecule has 0 radical (unpaired) electrons. The molecular formula is C19H26N4O3. The highest BCUT2D eigenvalue weighted by Gasteiger charge is 2.17. The zero-order valence-corrected chi connectivity index (χ0v) is 14.9. The molecule has 7 heteroatoms. The summed E-state index contributed by atoms with van der Waals surface area (Å²) >= 11 is 0. The molecule has 0 spiro atoms. The standard InChI is InChI=1S/C19H26N4O3/c1-26-18(24)14-5-8-15(9-6-14)23-19(25)21-12-10-16-7-4-13-3-2-11-20-17(13)22-16/h4-9,16,19-23,25H,2-3,10-12H2,1H3. The number of nitrogens with one attached hydrogen (secondary N) is 4. The van der Waals surface area contributed by atoms with Gasteiger partial charge in [-0.3, -0.25) is 5.32 Å². The van der Waals surface area contributed by atoms with Gasteiger partial charge >= 0.3 is 5.97 Å². The van der Waals surface area contributed by atoms with Crippen molar-refractivity contribution in [3.8, 4) is 0 Å². The Morgan fingerprint density at radius 3 is 2.96 bits per heavy atom. The van der Waals surface area contributed by atoms with Crippen LogP contribution in [0.25, 0.3) is 0 Å². The van der Waals surface area contributed by atoms with Gasteiger partial charge in [0, 0.05) is 24.8 Å². The molecule has 0 bridgehead atoms. The summed E-state index contributed by atoms with van der Waals surface area (Å²) in [4.78, 5) is 11.4. The van der Waals surface area contributed by atoms with Gasteiger partial charge in [0.1, 0.15) is 5.82 Å². The second-order valence-electron chi connectivity index (χ2n) is 6.40. The number of carbonyl (C=O) groups is 1. The van der Waals surface area contributed by atoms with Crippen molar-refractivity contribution in [2.75, 3.05) is 25.5 Å². The van der Waals surface area contributed by atoms with E-state index in [1.807, 2.05) is 0 Å². The van der Waals surface area contributed by atoms with E-state index in [4.69, 9.17) is 0 Å². The molecule has 0 saturated heterocycles. The van der Waals surface area contributed by atoms with Gasteiger partial charge in [-0.25, -0.2) is 4.79 Å². The quantitative estimate of drug-likeness (QED) is 0.370. The van der Waals surface area contributed by atoms with Crippen LogP contribution in [0.5, 0.6) is 0 Å². The number of dihydropyridines is 1. The third kappa shape index (κ3) is 4.77. The maximum atomic E-state index is 11.4. The first-order chi connectivity index (χ1) is 12.7. The van der Waals surface area contributed by atoms with Crippen LogP contribution in [0, 0.1) is 0 Å². The van der Waals surface area contributed by atoms with E-state index in [0.717, 1.165) is 30.9 Å². The Labute approximate surface area is 153 Å². The number of hydrogen-bond donors (Lipinski definition) is 5. The normalized spacial score (nSPS) is 19.8. The maximum absolute atomic E-state index is 11.4. The van der Waals surface area contributed by atoms with E-state index < -0.39 is 6.35 Å². The monoisotopic (exact) mass is 358 g/mol. The fraction of sp³-hybridized carbons (Fsp3) is 0.421. The van der Waals surface area contributed by atoms with E-state index in [1.165, 1.54) is 19.1 Å². The van der Waals surface area contributed by atoms with Gasteiger partial charge in [0.25, 0.3) is 0 Å². The Morgan fingerprint density at radius 2 is 2.19 bits per heavy atom. The predicted octanol–water partition coefficient (Wildman–Crippen LogP) is 1.26. The van der Waals surface area contributed by atoms with Crippen molar-refractivity contribution in [1.29, 1.82) is 0 Å². The molecule has 0 amide bonds. The molecule has 0 fully saturated rings. The van der Waals surface area contributed by atoms with Crippen molar-refractivity contribution in [2.45, 2.75) is 31.7 Å². The summed E-state index contributed by atoms with van der Waals surface area (Å²) in [5.41, 5.74) is 2.53. The molecule has 0 saturated carbocycles. The first-order valence-corrected chi connectivity index (χ1v) is 8.94. The summed E-state index contributed by atoms with van der Waals surface area (Å²) < 4.78 is 4.66. The Kier molecular flexibility index (Phi) is 6.14. The van der Waals surface area contributed by atoms with Crippen LogP contribution in [0.4, 0.5) is 5.69 Å². The topological polar surface area (TPSA) is 94.7 Å². The molecule has 2 aliphatic heterocycles. The average molecular weight is 358 g/mol. The van der Waals surface area contributed by atoms with Gasteiger partial charge in [-0.2, -0.15) is 0 Å². The molecule has 3 rings (SSSR count). The number of rotatable bonds is 7. The minimum Gasteiger partial charge on any atom is -0.465 e. The van der Waals surface area contributed by atoms with Crippen molar-refractivity contribution in [2.24, 2.45) is 0 Å².